The van der Waals surface area contributed by atoms with Crippen molar-refractivity contribution in [2.75, 3.05) is 5.32 Å². The number of carbonyl (C=O) groups excluding carboxylic acids is 3. The second-order valence-electron chi connectivity index (χ2n) is 6.33. The monoisotopic (exact) mass is 357 g/mol. The Bertz CT molecular complexity index is 767. The molecular weight excluding hydrogens is 334 g/mol. The van der Waals surface area contributed by atoms with E-state index in [9.17, 15) is 14.4 Å². The van der Waals surface area contributed by atoms with E-state index in [2.05, 4.69) is 10.4 Å². The van der Waals surface area contributed by atoms with Gasteiger partial charge in [-0.3, -0.25) is 14.3 Å². The third kappa shape index (κ3) is 4.78. The first-order valence-electron chi connectivity index (χ1n) is 8.44. The maximum absolute atomic E-state index is 12.4. The molecule has 26 heavy (non-hydrogen) atoms. The topological polar surface area (TPSA) is 90.3 Å². The molecule has 0 spiro atoms. The van der Waals surface area contributed by atoms with Crippen molar-refractivity contribution in [1.29, 1.82) is 0 Å². The summed E-state index contributed by atoms with van der Waals surface area (Å²) in [6, 6.07) is 7.58. The van der Waals surface area contributed by atoms with Crippen molar-refractivity contribution in [3.8, 4) is 0 Å². The molecule has 138 valence electrons. The number of hydrogen-bond donors (Lipinski definition) is 1. The minimum Gasteiger partial charge on any atom is -0.453 e. The number of amides is 1. The van der Waals surface area contributed by atoms with Gasteiger partial charge in [-0.1, -0.05) is 13.8 Å². The van der Waals surface area contributed by atoms with E-state index in [1.165, 1.54) is 11.6 Å². The van der Waals surface area contributed by atoms with E-state index in [0.29, 0.717) is 11.3 Å². The molecule has 0 fully saturated rings. The molecule has 0 saturated carbocycles. The van der Waals surface area contributed by atoms with E-state index in [-0.39, 0.29) is 17.6 Å². The van der Waals surface area contributed by atoms with Crippen molar-refractivity contribution < 1.29 is 19.1 Å². The highest BCUT2D eigenvalue weighted by Gasteiger charge is 2.24. The van der Waals surface area contributed by atoms with Crippen LogP contribution in [0, 0.1) is 5.92 Å². The lowest BCUT2D eigenvalue weighted by atomic mass is 10.1. The summed E-state index contributed by atoms with van der Waals surface area (Å²) in [6.07, 6.45) is 2.30. The summed E-state index contributed by atoms with van der Waals surface area (Å²) < 4.78 is 6.72. The normalized spacial score (nSPS) is 13.1. The number of rotatable bonds is 7. The molecule has 0 aliphatic rings. The number of ketones is 1. The quantitative estimate of drug-likeness (QED) is 0.608. The summed E-state index contributed by atoms with van der Waals surface area (Å²) in [7, 11) is 0. The van der Waals surface area contributed by atoms with Crippen LogP contribution in [0.3, 0.4) is 0 Å². The summed E-state index contributed by atoms with van der Waals surface area (Å²) in [5, 5.41) is 6.74. The number of Topliss-reactive ketones (excluding diaryl/α,β-unsaturated/α-hetero) is 1. The van der Waals surface area contributed by atoms with Gasteiger partial charge >= 0.3 is 5.97 Å². The Hall–Kier alpha value is -2.96. The molecule has 1 amide bonds. The maximum Gasteiger partial charge on any atom is 0.331 e. The van der Waals surface area contributed by atoms with Crippen molar-refractivity contribution in [1.82, 2.24) is 9.78 Å². The van der Waals surface area contributed by atoms with Crippen LogP contribution in [0.2, 0.25) is 0 Å². The highest BCUT2D eigenvalue weighted by atomic mass is 16.5. The van der Waals surface area contributed by atoms with Crippen molar-refractivity contribution in [2.45, 2.75) is 39.8 Å². The Morgan fingerprint density at radius 3 is 2.27 bits per heavy atom. The van der Waals surface area contributed by atoms with Gasteiger partial charge in [0, 0.05) is 29.6 Å². The molecular formula is C19H23N3O4. The first kappa shape index (κ1) is 19.4. The fourth-order valence-corrected chi connectivity index (χ4v) is 2.18. The largest absolute Gasteiger partial charge is 0.453 e. The number of nitrogens with one attached hydrogen (secondary N) is 1. The number of esters is 1. The highest BCUT2D eigenvalue weighted by Crippen LogP contribution is 2.15. The Kier molecular flexibility index (Phi) is 6.27. The van der Waals surface area contributed by atoms with Gasteiger partial charge in [0.25, 0.3) is 0 Å². The molecule has 1 N–H and O–H groups in total. The maximum atomic E-state index is 12.4. The standard InChI is InChI=1S/C19H23N3O4/c1-12(2)18(24)21-16-8-6-15(7-9-16)17(23)14(4)26-19(25)13(3)22-11-5-10-20-22/h5-14H,1-4H3,(H,21,24). The van der Waals surface area contributed by atoms with Crippen molar-refractivity contribution in [2.24, 2.45) is 5.92 Å². The Morgan fingerprint density at radius 2 is 1.73 bits per heavy atom. The SMILES string of the molecule is CC(C)C(=O)Nc1ccc(C(=O)C(C)OC(=O)C(C)n2cccn2)cc1. The average Bonchev–Trinajstić information content (AvgIpc) is 3.15. The Morgan fingerprint density at radius 1 is 1.08 bits per heavy atom. The summed E-state index contributed by atoms with van der Waals surface area (Å²) in [6.45, 7) is 6.78. The molecule has 2 unspecified atom stereocenters. The van der Waals surface area contributed by atoms with E-state index < -0.39 is 18.1 Å². The number of ether oxygens (including phenoxy) is 1. The van der Waals surface area contributed by atoms with E-state index in [0.717, 1.165) is 0 Å². The van der Waals surface area contributed by atoms with Crippen LogP contribution in [0.25, 0.3) is 0 Å². The van der Waals surface area contributed by atoms with Gasteiger partial charge in [0.15, 0.2) is 6.10 Å². The van der Waals surface area contributed by atoms with Gasteiger partial charge in [-0.2, -0.15) is 5.10 Å². The van der Waals surface area contributed by atoms with Crippen LogP contribution in [0.5, 0.6) is 0 Å². The van der Waals surface area contributed by atoms with E-state index >= 15 is 0 Å². The van der Waals surface area contributed by atoms with Gasteiger partial charge in [-0.15, -0.1) is 0 Å². The van der Waals surface area contributed by atoms with E-state index in [1.54, 1.807) is 63.5 Å². The fraction of sp³-hybridized carbons (Fsp3) is 0.368. The van der Waals surface area contributed by atoms with Crippen LogP contribution >= 0.6 is 0 Å². The smallest absolute Gasteiger partial charge is 0.331 e. The van der Waals surface area contributed by atoms with E-state index in [1.807, 2.05) is 0 Å². The molecule has 0 bridgehead atoms. The minimum absolute atomic E-state index is 0.0982. The molecule has 2 rings (SSSR count). The van der Waals surface area contributed by atoms with Gasteiger partial charge < -0.3 is 10.1 Å². The predicted octanol–water partition coefficient (Wildman–Crippen LogP) is 2.85. The van der Waals surface area contributed by atoms with Crippen molar-refractivity contribution in [3.05, 3.63) is 48.3 Å². The van der Waals surface area contributed by atoms with Crippen LogP contribution < -0.4 is 5.32 Å². The predicted molar refractivity (Wildman–Crippen MR) is 96.7 cm³/mol. The molecule has 0 aliphatic carbocycles. The number of nitrogens with zero attached hydrogens (tertiary/aromatic N) is 2. The summed E-state index contributed by atoms with van der Waals surface area (Å²) in [5.74, 6) is -1.07. The lowest BCUT2D eigenvalue weighted by Crippen LogP contribution is -2.28. The van der Waals surface area contributed by atoms with Gasteiger partial charge in [0.05, 0.1) is 0 Å². The second-order valence-corrected chi connectivity index (χ2v) is 6.33. The van der Waals surface area contributed by atoms with Crippen LogP contribution in [0.4, 0.5) is 5.69 Å². The van der Waals surface area contributed by atoms with Crippen LogP contribution in [-0.2, 0) is 14.3 Å². The van der Waals surface area contributed by atoms with Crippen molar-refractivity contribution in [3.63, 3.8) is 0 Å². The van der Waals surface area contributed by atoms with Gasteiger partial charge in [0.1, 0.15) is 6.04 Å². The lowest BCUT2D eigenvalue weighted by molar-refractivity contribution is -0.150. The first-order valence-corrected chi connectivity index (χ1v) is 8.44. The Balaban J connectivity index is 1.97. The molecule has 0 saturated heterocycles. The molecule has 1 aromatic carbocycles. The van der Waals surface area contributed by atoms with Crippen LogP contribution in [0.15, 0.2) is 42.7 Å². The number of hydrogen-bond acceptors (Lipinski definition) is 5. The van der Waals surface area contributed by atoms with Gasteiger partial charge in [-0.25, -0.2) is 4.79 Å². The zero-order valence-electron chi connectivity index (χ0n) is 15.3. The Labute approximate surface area is 152 Å². The van der Waals surface area contributed by atoms with Gasteiger partial charge in [0.2, 0.25) is 11.7 Å². The summed E-state index contributed by atoms with van der Waals surface area (Å²) in [5.41, 5.74) is 1.01. The third-order valence-corrected chi connectivity index (χ3v) is 3.89. The van der Waals surface area contributed by atoms with Crippen LogP contribution in [-0.4, -0.2) is 33.5 Å². The number of carbonyl (C=O) groups is 3. The molecule has 1 heterocycles. The fourth-order valence-electron chi connectivity index (χ4n) is 2.18. The summed E-state index contributed by atoms with van der Waals surface area (Å²) in [4.78, 5) is 36.3. The molecule has 2 atom stereocenters. The number of anilines is 1. The summed E-state index contributed by atoms with van der Waals surface area (Å²) >= 11 is 0. The molecule has 7 heteroatoms. The molecule has 0 radical (unpaired) electrons. The third-order valence-electron chi connectivity index (χ3n) is 3.89. The zero-order chi connectivity index (χ0) is 19.3. The second kappa shape index (κ2) is 8.42. The zero-order valence-corrected chi connectivity index (χ0v) is 15.3. The highest BCUT2D eigenvalue weighted by molar-refractivity contribution is 6.01. The van der Waals surface area contributed by atoms with Gasteiger partial charge in [-0.05, 0) is 44.2 Å². The van der Waals surface area contributed by atoms with E-state index in [4.69, 9.17) is 4.74 Å². The molecule has 1 aromatic heterocycles. The molecule has 7 nitrogen and oxygen atoms in total. The number of benzene rings is 1. The number of aromatic nitrogens is 2. The average molecular weight is 357 g/mol. The first-order chi connectivity index (χ1) is 12.3. The van der Waals surface area contributed by atoms with Crippen LogP contribution in [0.1, 0.15) is 44.1 Å². The van der Waals surface area contributed by atoms with Crippen molar-refractivity contribution >= 4 is 23.3 Å². The minimum atomic E-state index is -0.920. The molecule has 0 aliphatic heterocycles. The molecule has 2 aromatic rings. The lowest BCUT2D eigenvalue weighted by Gasteiger charge is -2.16.